The summed E-state index contributed by atoms with van der Waals surface area (Å²) in [6, 6.07) is 14.2. The number of hydrogen-bond acceptors (Lipinski definition) is 3. The molecule has 0 aromatic heterocycles. The van der Waals surface area contributed by atoms with Crippen LogP contribution in [-0.4, -0.2) is 23.9 Å². The summed E-state index contributed by atoms with van der Waals surface area (Å²) in [5, 5.41) is 8.84. The van der Waals surface area contributed by atoms with Gasteiger partial charge >= 0.3 is 5.97 Å². The number of carboxylic acid groups (broad SMARTS) is 1. The van der Waals surface area contributed by atoms with E-state index in [1.165, 1.54) is 0 Å². The molecule has 2 aromatic rings. The molecule has 0 amide bonds. The zero-order chi connectivity index (χ0) is 15.8. The molecule has 0 aliphatic rings. The molecule has 2 aromatic carbocycles. The molecule has 0 bridgehead atoms. The predicted octanol–water partition coefficient (Wildman–Crippen LogP) is 4.31. The SMILES string of the molecule is CCCCOc1ccc(C=Nc2ccc(C(=O)O)cc2)cc1. The van der Waals surface area contributed by atoms with Crippen LogP contribution in [0.4, 0.5) is 5.69 Å². The highest BCUT2D eigenvalue weighted by Crippen LogP contribution is 2.15. The van der Waals surface area contributed by atoms with Crippen LogP contribution in [0, 0.1) is 0 Å². The van der Waals surface area contributed by atoms with E-state index in [4.69, 9.17) is 9.84 Å². The number of carbonyl (C=O) groups is 1. The Labute approximate surface area is 130 Å². The Balaban J connectivity index is 1.96. The number of ether oxygens (including phenoxy) is 1. The Bertz CT molecular complexity index is 630. The second-order valence-electron chi connectivity index (χ2n) is 4.88. The van der Waals surface area contributed by atoms with E-state index >= 15 is 0 Å². The van der Waals surface area contributed by atoms with Crippen molar-refractivity contribution in [2.75, 3.05) is 6.61 Å². The third-order valence-corrected chi connectivity index (χ3v) is 3.12. The number of carboxylic acids is 1. The summed E-state index contributed by atoms with van der Waals surface area (Å²) >= 11 is 0. The van der Waals surface area contributed by atoms with Crippen molar-refractivity contribution in [2.45, 2.75) is 19.8 Å². The fourth-order valence-corrected chi connectivity index (χ4v) is 1.82. The quantitative estimate of drug-likeness (QED) is 0.612. The van der Waals surface area contributed by atoms with Crippen LogP contribution in [0.1, 0.15) is 35.7 Å². The van der Waals surface area contributed by atoms with Crippen LogP contribution in [0.25, 0.3) is 0 Å². The third-order valence-electron chi connectivity index (χ3n) is 3.12. The molecule has 0 spiro atoms. The Morgan fingerprint density at radius 3 is 2.41 bits per heavy atom. The summed E-state index contributed by atoms with van der Waals surface area (Å²) in [6.45, 7) is 2.87. The molecule has 0 fully saturated rings. The van der Waals surface area contributed by atoms with Gasteiger partial charge in [-0.2, -0.15) is 0 Å². The number of hydrogen-bond donors (Lipinski definition) is 1. The second kappa shape index (κ2) is 7.98. The molecule has 0 atom stereocenters. The van der Waals surface area contributed by atoms with Gasteiger partial charge in [0.2, 0.25) is 0 Å². The van der Waals surface area contributed by atoms with Crippen molar-refractivity contribution in [3.63, 3.8) is 0 Å². The minimum absolute atomic E-state index is 0.257. The van der Waals surface area contributed by atoms with Crippen LogP contribution < -0.4 is 4.74 Å². The molecule has 4 nitrogen and oxygen atoms in total. The zero-order valence-corrected chi connectivity index (χ0v) is 12.5. The molecule has 0 radical (unpaired) electrons. The fourth-order valence-electron chi connectivity index (χ4n) is 1.82. The van der Waals surface area contributed by atoms with Crippen molar-refractivity contribution in [3.05, 3.63) is 59.7 Å². The van der Waals surface area contributed by atoms with Gasteiger partial charge in [0.1, 0.15) is 5.75 Å². The average molecular weight is 297 g/mol. The van der Waals surface area contributed by atoms with E-state index in [1.54, 1.807) is 30.5 Å². The lowest BCUT2D eigenvalue weighted by atomic mass is 10.2. The molecule has 22 heavy (non-hydrogen) atoms. The van der Waals surface area contributed by atoms with Gasteiger partial charge in [0.15, 0.2) is 0 Å². The summed E-state index contributed by atoms with van der Waals surface area (Å²) < 4.78 is 5.60. The number of rotatable bonds is 7. The third kappa shape index (κ3) is 4.74. The maximum absolute atomic E-state index is 10.8. The highest BCUT2D eigenvalue weighted by Gasteiger charge is 2.00. The number of aliphatic imine (C=N–C) groups is 1. The van der Waals surface area contributed by atoms with Crippen molar-refractivity contribution < 1.29 is 14.6 Å². The minimum atomic E-state index is -0.936. The van der Waals surface area contributed by atoms with Gasteiger partial charge in [-0.15, -0.1) is 0 Å². The van der Waals surface area contributed by atoms with Gasteiger partial charge < -0.3 is 9.84 Å². The topological polar surface area (TPSA) is 58.9 Å². The molecular weight excluding hydrogens is 278 g/mol. The van der Waals surface area contributed by atoms with E-state index in [9.17, 15) is 4.79 Å². The lowest BCUT2D eigenvalue weighted by Gasteiger charge is -2.04. The largest absolute Gasteiger partial charge is 0.494 e. The number of benzene rings is 2. The molecule has 0 unspecified atom stereocenters. The van der Waals surface area contributed by atoms with Crippen molar-refractivity contribution in [1.29, 1.82) is 0 Å². The van der Waals surface area contributed by atoms with Crippen LogP contribution in [0.15, 0.2) is 53.5 Å². The molecule has 0 saturated heterocycles. The summed E-state index contributed by atoms with van der Waals surface area (Å²) in [6.07, 6.45) is 3.91. The Morgan fingerprint density at radius 2 is 1.82 bits per heavy atom. The first-order valence-electron chi connectivity index (χ1n) is 7.29. The maximum Gasteiger partial charge on any atom is 0.335 e. The normalized spacial score (nSPS) is 10.8. The highest BCUT2D eigenvalue weighted by atomic mass is 16.5. The van der Waals surface area contributed by atoms with Crippen molar-refractivity contribution in [3.8, 4) is 5.75 Å². The Morgan fingerprint density at radius 1 is 1.14 bits per heavy atom. The lowest BCUT2D eigenvalue weighted by molar-refractivity contribution is 0.0697. The maximum atomic E-state index is 10.8. The van der Waals surface area contributed by atoms with Crippen LogP contribution in [0.2, 0.25) is 0 Å². The van der Waals surface area contributed by atoms with E-state index in [0.717, 1.165) is 30.8 Å². The molecule has 0 aliphatic heterocycles. The monoisotopic (exact) mass is 297 g/mol. The lowest BCUT2D eigenvalue weighted by Crippen LogP contribution is -1.96. The smallest absolute Gasteiger partial charge is 0.335 e. The average Bonchev–Trinajstić information content (AvgIpc) is 2.55. The van der Waals surface area contributed by atoms with Gasteiger partial charge in [0, 0.05) is 6.21 Å². The van der Waals surface area contributed by atoms with Gasteiger partial charge in [-0.25, -0.2) is 4.79 Å². The van der Waals surface area contributed by atoms with E-state index in [1.807, 2.05) is 24.3 Å². The molecular formula is C18H19NO3. The number of aromatic carboxylic acids is 1. The van der Waals surface area contributed by atoms with Gasteiger partial charge in [-0.05, 0) is 60.5 Å². The van der Waals surface area contributed by atoms with Crippen LogP contribution in [0.3, 0.4) is 0 Å². The van der Waals surface area contributed by atoms with Crippen LogP contribution in [0.5, 0.6) is 5.75 Å². The zero-order valence-electron chi connectivity index (χ0n) is 12.5. The summed E-state index contributed by atoms with van der Waals surface area (Å²) in [5.74, 6) is -0.0781. The summed E-state index contributed by atoms with van der Waals surface area (Å²) in [4.78, 5) is 15.1. The van der Waals surface area contributed by atoms with Crippen molar-refractivity contribution in [1.82, 2.24) is 0 Å². The molecule has 0 heterocycles. The molecule has 2 rings (SSSR count). The molecule has 114 valence electrons. The summed E-state index contributed by atoms with van der Waals surface area (Å²) in [5.41, 5.74) is 1.94. The molecule has 0 aliphatic carbocycles. The van der Waals surface area contributed by atoms with Gasteiger partial charge in [0.05, 0.1) is 17.9 Å². The molecule has 1 N–H and O–H groups in total. The predicted molar refractivity (Wildman–Crippen MR) is 87.5 cm³/mol. The first-order valence-corrected chi connectivity index (χ1v) is 7.29. The summed E-state index contributed by atoms with van der Waals surface area (Å²) in [7, 11) is 0. The van der Waals surface area contributed by atoms with E-state index in [2.05, 4.69) is 11.9 Å². The van der Waals surface area contributed by atoms with E-state index < -0.39 is 5.97 Å². The Hall–Kier alpha value is -2.62. The first kappa shape index (κ1) is 15.8. The van der Waals surface area contributed by atoms with Crippen molar-refractivity contribution in [2.24, 2.45) is 4.99 Å². The van der Waals surface area contributed by atoms with Crippen LogP contribution >= 0.6 is 0 Å². The minimum Gasteiger partial charge on any atom is -0.494 e. The van der Waals surface area contributed by atoms with E-state index in [0.29, 0.717) is 5.69 Å². The first-order chi connectivity index (χ1) is 10.7. The molecule has 4 heteroatoms. The standard InChI is InChI=1S/C18H19NO3/c1-2-3-12-22-17-10-4-14(5-11-17)13-19-16-8-6-15(7-9-16)18(20)21/h4-11,13H,2-3,12H2,1H3,(H,20,21). The number of nitrogens with zero attached hydrogens (tertiary/aromatic N) is 1. The second-order valence-corrected chi connectivity index (χ2v) is 4.88. The fraction of sp³-hybridized carbons (Fsp3) is 0.222. The van der Waals surface area contributed by atoms with Gasteiger partial charge in [-0.3, -0.25) is 4.99 Å². The highest BCUT2D eigenvalue weighted by molar-refractivity contribution is 5.88. The van der Waals surface area contributed by atoms with E-state index in [-0.39, 0.29) is 5.56 Å². The van der Waals surface area contributed by atoms with Gasteiger partial charge in [0.25, 0.3) is 0 Å². The van der Waals surface area contributed by atoms with Crippen molar-refractivity contribution >= 4 is 17.9 Å². The Kier molecular flexibility index (Phi) is 5.72. The number of unbranched alkanes of at least 4 members (excludes halogenated alkanes) is 1. The molecule has 0 saturated carbocycles. The van der Waals surface area contributed by atoms with Gasteiger partial charge in [-0.1, -0.05) is 13.3 Å². The van der Waals surface area contributed by atoms with Crippen LogP contribution in [-0.2, 0) is 0 Å².